The molecule has 108 valence electrons. The van der Waals surface area contributed by atoms with Gasteiger partial charge in [-0.3, -0.25) is 0 Å². The molecule has 2 rings (SSSR count). The number of nitrogens with zero attached hydrogens (tertiary/aromatic N) is 2. The Hall–Kier alpha value is -0.340. The Balaban J connectivity index is 1.96. The highest BCUT2D eigenvalue weighted by atomic mass is 79.9. The highest BCUT2D eigenvalue weighted by Crippen LogP contribution is 2.32. The molecule has 0 aliphatic heterocycles. The van der Waals surface area contributed by atoms with Crippen LogP contribution in [0.1, 0.15) is 5.01 Å². The fourth-order valence-electron chi connectivity index (χ4n) is 1.62. The predicted molar refractivity (Wildman–Crippen MR) is 89.2 cm³/mol. The van der Waals surface area contributed by atoms with Gasteiger partial charge in [0.15, 0.2) is 0 Å². The van der Waals surface area contributed by atoms with Gasteiger partial charge in [0.1, 0.15) is 10.0 Å². The van der Waals surface area contributed by atoms with Gasteiger partial charge in [-0.25, -0.2) is 0 Å². The van der Waals surface area contributed by atoms with Gasteiger partial charge < -0.3 is 10.1 Å². The molecule has 0 saturated heterocycles. The zero-order valence-corrected chi connectivity index (χ0v) is 15.0. The van der Waals surface area contributed by atoms with Gasteiger partial charge in [0.25, 0.3) is 0 Å². The van der Waals surface area contributed by atoms with Crippen LogP contribution in [0, 0.1) is 0 Å². The summed E-state index contributed by atoms with van der Waals surface area (Å²) in [5, 5.41) is 13.8. The lowest BCUT2D eigenvalue weighted by molar-refractivity contribution is 0.199. The van der Waals surface area contributed by atoms with Crippen LogP contribution in [0.15, 0.2) is 27.1 Å². The van der Waals surface area contributed by atoms with Gasteiger partial charge in [0, 0.05) is 41.1 Å². The van der Waals surface area contributed by atoms with E-state index in [2.05, 4.69) is 47.4 Å². The number of ether oxygens (including phenoxy) is 1. The quantitative estimate of drug-likeness (QED) is 0.696. The van der Waals surface area contributed by atoms with Gasteiger partial charge in [-0.1, -0.05) is 43.2 Å². The number of halogens is 2. The highest BCUT2D eigenvalue weighted by molar-refractivity contribution is 9.11. The van der Waals surface area contributed by atoms with Crippen LogP contribution in [0.5, 0.6) is 0 Å². The largest absolute Gasteiger partial charge is 0.383 e. The first kappa shape index (κ1) is 16.0. The Labute approximate surface area is 139 Å². The minimum Gasteiger partial charge on any atom is -0.383 e. The lowest BCUT2D eigenvalue weighted by Gasteiger charge is -2.01. The van der Waals surface area contributed by atoms with E-state index in [1.54, 1.807) is 18.4 Å². The first-order chi connectivity index (χ1) is 9.70. The average Bonchev–Trinajstić information content (AvgIpc) is 2.90. The van der Waals surface area contributed by atoms with Crippen molar-refractivity contribution < 1.29 is 4.74 Å². The van der Waals surface area contributed by atoms with Gasteiger partial charge >= 0.3 is 0 Å². The fraction of sp³-hybridized carbons (Fsp3) is 0.385. The summed E-state index contributed by atoms with van der Waals surface area (Å²) in [4.78, 5) is 0. The summed E-state index contributed by atoms with van der Waals surface area (Å²) in [6, 6.07) is 6.05. The standard InChI is InChI=1S/C13H15Br2N3OS/c1-19-7-6-16-5-4-12-17-18-13(20-12)10-8-9(14)2-3-11(10)15/h2-3,8,16H,4-7H2,1H3. The van der Waals surface area contributed by atoms with Gasteiger partial charge in [-0.15, -0.1) is 10.2 Å². The maximum absolute atomic E-state index is 4.98. The number of nitrogens with one attached hydrogen (secondary N) is 1. The zero-order valence-electron chi connectivity index (χ0n) is 11.0. The molecule has 1 heterocycles. The molecule has 1 aromatic heterocycles. The van der Waals surface area contributed by atoms with E-state index in [1.165, 1.54) is 0 Å². The van der Waals surface area contributed by atoms with E-state index in [4.69, 9.17) is 4.74 Å². The van der Waals surface area contributed by atoms with E-state index in [9.17, 15) is 0 Å². The third-order valence-electron chi connectivity index (χ3n) is 2.62. The van der Waals surface area contributed by atoms with Crippen LogP contribution in [-0.2, 0) is 11.2 Å². The molecule has 4 nitrogen and oxygen atoms in total. The fourth-order valence-corrected chi connectivity index (χ4v) is 3.42. The van der Waals surface area contributed by atoms with Crippen LogP contribution in [0.3, 0.4) is 0 Å². The first-order valence-electron chi connectivity index (χ1n) is 6.18. The predicted octanol–water partition coefficient (Wildman–Crippen LogP) is 3.51. The van der Waals surface area contributed by atoms with Crippen LogP contribution < -0.4 is 5.32 Å². The van der Waals surface area contributed by atoms with Crippen molar-refractivity contribution in [3.8, 4) is 10.6 Å². The number of methoxy groups -OCH3 is 1. The topological polar surface area (TPSA) is 47.0 Å². The van der Waals surface area contributed by atoms with E-state index in [1.807, 2.05) is 18.2 Å². The second-order valence-electron chi connectivity index (χ2n) is 4.12. The Bertz CT molecular complexity index is 562. The van der Waals surface area contributed by atoms with Gasteiger partial charge in [-0.05, 0) is 18.2 Å². The van der Waals surface area contributed by atoms with Gasteiger partial charge in [0.05, 0.1) is 6.61 Å². The van der Waals surface area contributed by atoms with Gasteiger partial charge in [-0.2, -0.15) is 0 Å². The number of benzene rings is 1. The summed E-state index contributed by atoms with van der Waals surface area (Å²) in [5.41, 5.74) is 1.07. The van der Waals surface area contributed by atoms with E-state index < -0.39 is 0 Å². The molecule has 0 unspecified atom stereocenters. The molecule has 0 spiro atoms. The monoisotopic (exact) mass is 419 g/mol. The summed E-state index contributed by atoms with van der Waals surface area (Å²) in [5.74, 6) is 0. The number of aromatic nitrogens is 2. The molecule has 1 aromatic carbocycles. The lowest BCUT2D eigenvalue weighted by atomic mass is 10.2. The number of rotatable bonds is 7. The molecule has 0 aliphatic carbocycles. The molecule has 1 N–H and O–H groups in total. The van der Waals surface area contributed by atoms with Crippen LogP contribution in [-0.4, -0.2) is 37.0 Å². The summed E-state index contributed by atoms with van der Waals surface area (Å²) < 4.78 is 7.05. The first-order valence-corrected chi connectivity index (χ1v) is 8.58. The summed E-state index contributed by atoms with van der Waals surface area (Å²) in [7, 11) is 1.70. The summed E-state index contributed by atoms with van der Waals surface area (Å²) in [6.45, 7) is 2.48. The van der Waals surface area contributed by atoms with Crippen LogP contribution in [0.4, 0.5) is 0 Å². The maximum atomic E-state index is 4.98. The molecule has 0 fully saturated rings. The molecule has 0 saturated carbocycles. The molecule has 2 aromatic rings. The number of hydrogen-bond donors (Lipinski definition) is 1. The summed E-state index contributed by atoms with van der Waals surface area (Å²) in [6.07, 6.45) is 0.882. The molecule has 7 heteroatoms. The van der Waals surface area contributed by atoms with Crippen molar-refractivity contribution in [3.63, 3.8) is 0 Å². The Morgan fingerprint density at radius 2 is 2.10 bits per heavy atom. The van der Waals surface area contributed by atoms with Crippen molar-refractivity contribution in [1.82, 2.24) is 15.5 Å². The summed E-state index contributed by atoms with van der Waals surface area (Å²) >= 11 is 8.66. The minimum atomic E-state index is 0.729. The third kappa shape index (κ3) is 4.60. The van der Waals surface area contributed by atoms with Crippen LogP contribution in [0.2, 0.25) is 0 Å². The molecule has 0 aliphatic rings. The Kier molecular flexibility index (Phi) is 6.57. The van der Waals surface area contributed by atoms with E-state index in [-0.39, 0.29) is 0 Å². The minimum absolute atomic E-state index is 0.729. The normalized spacial score (nSPS) is 10.9. The molecular formula is C13H15Br2N3OS. The SMILES string of the molecule is COCCNCCc1nnc(-c2cc(Br)ccc2Br)s1. The molecule has 0 amide bonds. The van der Waals surface area contributed by atoms with Crippen molar-refractivity contribution in [2.45, 2.75) is 6.42 Å². The van der Waals surface area contributed by atoms with Crippen molar-refractivity contribution in [1.29, 1.82) is 0 Å². The zero-order chi connectivity index (χ0) is 14.4. The van der Waals surface area contributed by atoms with Crippen molar-refractivity contribution >= 4 is 43.2 Å². The van der Waals surface area contributed by atoms with Crippen LogP contribution >= 0.6 is 43.2 Å². The van der Waals surface area contributed by atoms with E-state index in [0.717, 1.165) is 50.6 Å². The number of hydrogen-bond acceptors (Lipinski definition) is 5. The lowest BCUT2D eigenvalue weighted by Crippen LogP contribution is -2.21. The second kappa shape index (κ2) is 8.19. The van der Waals surface area contributed by atoms with Crippen molar-refractivity contribution in [2.24, 2.45) is 0 Å². The molecular weight excluding hydrogens is 406 g/mol. The van der Waals surface area contributed by atoms with Crippen molar-refractivity contribution in [2.75, 3.05) is 26.8 Å². The van der Waals surface area contributed by atoms with Crippen molar-refractivity contribution in [3.05, 3.63) is 32.2 Å². The van der Waals surface area contributed by atoms with Gasteiger partial charge in [0.2, 0.25) is 0 Å². The Morgan fingerprint density at radius 3 is 2.90 bits per heavy atom. The van der Waals surface area contributed by atoms with Crippen LogP contribution in [0.25, 0.3) is 10.6 Å². The molecule has 0 atom stereocenters. The smallest absolute Gasteiger partial charge is 0.148 e. The molecule has 0 radical (unpaired) electrons. The third-order valence-corrected chi connectivity index (χ3v) is 4.83. The Morgan fingerprint density at radius 1 is 1.25 bits per heavy atom. The maximum Gasteiger partial charge on any atom is 0.148 e. The average molecular weight is 421 g/mol. The highest BCUT2D eigenvalue weighted by Gasteiger charge is 2.10. The van der Waals surface area contributed by atoms with E-state index in [0.29, 0.717) is 0 Å². The molecule has 0 bridgehead atoms. The molecule has 20 heavy (non-hydrogen) atoms. The second-order valence-corrected chi connectivity index (χ2v) is 6.95. The van der Waals surface area contributed by atoms with E-state index >= 15 is 0 Å².